The molecule has 100 valence electrons. The fourth-order valence-electron chi connectivity index (χ4n) is 2.54. The third-order valence-electron chi connectivity index (χ3n) is 3.60. The normalized spacial score (nSPS) is 19.0. The Hall–Kier alpha value is -0.910. The van der Waals surface area contributed by atoms with Gasteiger partial charge in [-0.15, -0.1) is 0 Å². The van der Waals surface area contributed by atoms with Gasteiger partial charge in [0.1, 0.15) is 0 Å². The molecule has 4 nitrogen and oxygen atoms in total. The van der Waals surface area contributed by atoms with Crippen LogP contribution in [-0.2, 0) is 10.0 Å². The SMILES string of the molecule is Cc1ccccc1S(=O)(=O)NC1(CO)CCCC1. The van der Waals surface area contributed by atoms with Gasteiger partial charge in [0.05, 0.1) is 17.0 Å². The molecule has 1 fully saturated rings. The number of hydrogen-bond donors (Lipinski definition) is 2. The molecule has 0 amide bonds. The second kappa shape index (κ2) is 4.99. The lowest BCUT2D eigenvalue weighted by molar-refractivity contribution is 0.185. The zero-order chi connectivity index (χ0) is 13.2. The van der Waals surface area contributed by atoms with Crippen LogP contribution in [0.4, 0.5) is 0 Å². The molecule has 1 aromatic rings. The number of benzene rings is 1. The first-order valence-corrected chi connectivity index (χ1v) is 7.68. The smallest absolute Gasteiger partial charge is 0.241 e. The number of aryl methyl sites for hydroxylation is 1. The number of sulfonamides is 1. The molecule has 0 heterocycles. The molecule has 0 saturated heterocycles. The highest BCUT2D eigenvalue weighted by Gasteiger charge is 2.37. The zero-order valence-electron chi connectivity index (χ0n) is 10.5. The van der Waals surface area contributed by atoms with Crippen molar-refractivity contribution in [1.29, 1.82) is 0 Å². The molecule has 0 spiro atoms. The van der Waals surface area contributed by atoms with Crippen LogP contribution in [0.15, 0.2) is 29.2 Å². The molecule has 1 aromatic carbocycles. The van der Waals surface area contributed by atoms with Crippen LogP contribution in [0.2, 0.25) is 0 Å². The predicted octanol–water partition coefficient (Wildman–Crippen LogP) is 1.58. The van der Waals surface area contributed by atoms with Crippen molar-refractivity contribution in [2.75, 3.05) is 6.61 Å². The Morgan fingerprint density at radius 3 is 2.44 bits per heavy atom. The molecule has 2 rings (SSSR count). The van der Waals surface area contributed by atoms with E-state index in [9.17, 15) is 13.5 Å². The molecular weight excluding hydrogens is 250 g/mol. The molecule has 1 aliphatic carbocycles. The van der Waals surface area contributed by atoms with Crippen LogP contribution in [0.5, 0.6) is 0 Å². The second-order valence-corrected chi connectivity index (χ2v) is 6.67. The first kappa shape index (κ1) is 13.5. The fraction of sp³-hybridized carbons (Fsp3) is 0.538. The van der Waals surface area contributed by atoms with Crippen LogP contribution in [0, 0.1) is 6.92 Å². The Kier molecular flexibility index (Phi) is 3.75. The van der Waals surface area contributed by atoms with Gasteiger partial charge in [-0.25, -0.2) is 13.1 Å². The largest absolute Gasteiger partial charge is 0.394 e. The Morgan fingerprint density at radius 2 is 1.89 bits per heavy atom. The van der Waals surface area contributed by atoms with Crippen molar-refractivity contribution in [1.82, 2.24) is 4.72 Å². The maximum absolute atomic E-state index is 12.4. The van der Waals surface area contributed by atoms with Gasteiger partial charge in [-0.3, -0.25) is 0 Å². The van der Waals surface area contributed by atoms with E-state index in [0.29, 0.717) is 17.7 Å². The van der Waals surface area contributed by atoms with Crippen LogP contribution in [0.3, 0.4) is 0 Å². The van der Waals surface area contributed by atoms with Crippen molar-refractivity contribution in [3.63, 3.8) is 0 Å². The molecule has 1 saturated carbocycles. The van der Waals surface area contributed by atoms with Gasteiger partial charge in [0.2, 0.25) is 10.0 Å². The van der Waals surface area contributed by atoms with Crippen molar-refractivity contribution >= 4 is 10.0 Å². The van der Waals surface area contributed by atoms with E-state index in [1.807, 2.05) is 6.07 Å². The minimum atomic E-state index is -3.55. The van der Waals surface area contributed by atoms with Gasteiger partial charge in [0.25, 0.3) is 0 Å². The van der Waals surface area contributed by atoms with E-state index >= 15 is 0 Å². The summed E-state index contributed by atoms with van der Waals surface area (Å²) >= 11 is 0. The van der Waals surface area contributed by atoms with E-state index in [1.165, 1.54) is 0 Å². The fourth-order valence-corrected chi connectivity index (χ4v) is 4.24. The summed E-state index contributed by atoms with van der Waals surface area (Å²) in [6.07, 6.45) is 3.32. The molecule has 5 heteroatoms. The predicted molar refractivity (Wildman–Crippen MR) is 69.8 cm³/mol. The average Bonchev–Trinajstić information content (AvgIpc) is 2.78. The minimum Gasteiger partial charge on any atom is -0.394 e. The van der Waals surface area contributed by atoms with E-state index < -0.39 is 15.6 Å². The molecule has 18 heavy (non-hydrogen) atoms. The summed E-state index contributed by atoms with van der Waals surface area (Å²) in [6.45, 7) is 1.63. The Morgan fingerprint density at radius 1 is 1.28 bits per heavy atom. The van der Waals surface area contributed by atoms with Crippen LogP contribution in [0.1, 0.15) is 31.2 Å². The van der Waals surface area contributed by atoms with Crippen LogP contribution < -0.4 is 4.72 Å². The molecule has 0 atom stereocenters. The standard InChI is InChI=1S/C13H19NO3S/c1-11-6-2-3-7-12(11)18(16,17)14-13(10-15)8-4-5-9-13/h2-3,6-7,14-15H,4-5,8-10H2,1H3. The summed E-state index contributed by atoms with van der Waals surface area (Å²) in [5, 5.41) is 9.47. The summed E-state index contributed by atoms with van der Waals surface area (Å²) in [4.78, 5) is 0.296. The molecular formula is C13H19NO3S. The van der Waals surface area contributed by atoms with Gasteiger partial charge in [-0.1, -0.05) is 31.0 Å². The van der Waals surface area contributed by atoms with E-state index in [4.69, 9.17) is 0 Å². The molecule has 0 radical (unpaired) electrons. The highest BCUT2D eigenvalue weighted by atomic mass is 32.2. The second-order valence-electron chi connectivity index (χ2n) is 5.02. The third kappa shape index (κ3) is 2.58. The number of aliphatic hydroxyl groups is 1. The average molecular weight is 269 g/mol. The van der Waals surface area contributed by atoms with E-state index in [0.717, 1.165) is 18.4 Å². The third-order valence-corrected chi connectivity index (χ3v) is 5.34. The Balaban J connectivity index is 2.30. The van der Waals surface area contributed by atoms with Crippen molar-refractivity contribution in [2.45, 2.75) is 43.0 Å². The van der Waals surface area contributed by atoms with Crippen molar-refractivity contribution in [3.05, 3.63) is 29.8 Å². The zero-order valence-corrected chi connectivity index (χ0v) is 11.3. The van der Waals surface area contributed by atoms with Crippen molar-refractivity contribution in [3.8, 4) is 0 Å². The van der Waals surface area contributed by atoms with Gasteiger partial charge in [0.15, 0.2) is 0 Å². The summed E-state index contributed by atoms with van der Waals surface area (Å²) in [5.74, 6) is 0. The first-order chi connectivity index (χ1) is 8.49. The molecule has 0 aliphatic heterocycles. The number of rotatable bonds is 4. The van der Waals surface area contributed by atoms with Gasteiger partial charge in [0, 0.05) is 0 Å². The summed E-state index contributed by atoms with van der Waals surface area (Å²) in [7, 11) is -3.55. The van der Waals surface area contributed by atoms with Crippen LogP contribution in [-0.4, -0.2) is 25.7 Å². The molecule has 0 bridgehead atoms. The van der Waals surface area contributed by atoms with E-state index in [2.05, 4.69) is 4.72 Å². The number of aliphatic hydroxyl groups excluding tert-OH is 1. The van der Waals surface area contributed by atoms with Gasteiger partial charge in [-0.05, 0) is 31.4 Å². The quantitative estimate of drug-likeness (QED) is 0.872. The van der Waals surface area contributed by atoms with Gasteiger partial charge >= 0.3 is 0 Å². The summed E-state index contributed by atoms with van der Waals surface area (Å²) in [5.41, 5.74) is 0.0530. The maximum atomic E-state index is 12.4. The first-order valence-electron chi connectivity index (χ1n) is 6.20. The van der Waals surface area contributed by atoms with E-state index in [-0.39, 0.29) is 6.61 Å². The minimum absolute atomic E-state index is 0.141. The van der Waals surface area contributed by atoms with E-state index in [1.54, 1.807) is 25.1 Å². The van der Waals surface area contributed by atoms with Gasteiger partial charge in [-0.2, -0.15) is 0 Å². The molecule has 1 aliphatic rings. The summed E-state index contributed by atoms with van der Waals surface area (Å²) < 4.78 is 27.4. The maximum Gasteiger partial charge on any atom is 0.241 e. The number of hydrogen-bond acceptors (Lipinski definition) is 3. The Labute approximate surface area is 108 Å². The van der Waals surface area contributed by atoms with Gasteiger partial charge < -0.3 is 5.11 Å². The van der Waals surface area contributed by atoms with Crippen LogP contribution >= 0.6 is 0 Å². The molecule has 2 N–H and O–H groups in total. The van der Waals surface area contributed by atoms with Crippen molar-refractivity contribution in [2.24, 2.45) is 0 Å². The topological polar surface area (TPSA) is 66.4 Å². The Bertz CT molecular complexity index is 519. The highest BCUT2D eigenvalue weighted by Crippen LogP contribution is 2.31. The lowest BCUT2D eigenvalue weighted by atomic mass is 10.0. The van der Waals surface area contributed by atoms with Crippen molar-refractivity contribution < 1.29 is 13.5 Å². The highest BCUT2D eigenvalue weighted by molar-refractivity contribution is 7.89. The molecule has 0 unspecified atom stereocenters. The van der Waals surface area contributed by atoms with Crippen LogP contribution in [0.25, 0.3) is 0 Å². The lowest BCUT2D eigenvalue weighted by Crippen LogP contribution is -2.49. The molecule has 0 aromatic heterocycles. The summed E-state index contributed by atoms with van der Waals surface area (Å²) in [6, 6.07) is 6.89. The monoisotopic (exact) mass is 269 g/mol. The lowest BCUT2D eigenvalue weighted by Gasteiger charge is -2.27. The number of nitrogens with one attached hydrogen (secondary N) is 1.